The molecule has 0 radical (unpaired) electrons. The number of piperidine rings is 1. The Kier molecular flexibility index (Phi) is 4.00. The van der Waals surface area contributed by atoms with Gasteiger partial charge in [0.2, 0.25) is 0 Å². The van der Waals surface area contributed by atoms with E-state index in [0.717, 1.165) is 31.6 Å². The minimum absolute atomic E-state index is 0.397. The number of rotatable bonds is 2. The lowest BCUT2D eigenvalue weighted by Crippen LogP contribution is -2.48. The number of likely N-dealkylation sites (tertiary alicyclic amines) is 1. The Morgan fingerprint density at radius 3 is 2.67 bits per heavy atom. The zero-order chi connectivity index (χ0) is 10.7. The van der Waals surface area contributed by atoms with Crippen LogP contribution in [-0.2, 0) is 4.74 Å². The van der Waals surface area contributed by atoms with Crippen LogP contribution in [0.15, 0.2) is 0 Å². The van der Waals surface area contributed by atoms with E-state index < -0.39 is 0 Å². The molecule has 15 heavy (non-hydrogen) atoms. The molecule has 2 N–H and O–H groups in total. The molecule has 3 heteroatoms. The van der Waals surface area contributed by atoms with Gasteiger partial charge in [0.1, 0.15) is 0 Å². The third-order valence-electron chi connectivity index (χ3n) is 3.62. The molecular formula is C12H24N2O. The Hall–Kier alpha value is -0.120. The summed E-state index contributed by atoms with van der Waals surface area (Å²) in [5, 5.41) is 0. The Morgan fingerprint density at radius 1 is 1.27 bits per heavy atom. The smallest absolute Gasteiger partial charge is 0.0469 e. The van der Waals surface area contributed by atoms with Gasteiger partial charge in [0.15, 0.2) is 0 Å². The molecule has 0 aliphatic carbocycles. The highest BCUT2D eigenvalue weighted by molar-refractivity contribution is 4.81. The topological polar surface area (TPSA) is 38.5 Å². The molecule has 3 nitrogen and oxygen atoms in total. The highest BCUT2D eigenvalue weighted by Crippen LogP contribution is 2.20. The van der Waals surface area contributed by atoms with E-state index in [1.165, 1.54) is 32.4 Å². The molecule has 2 heterocycles. The quantitative estimate of drug-likeness (QED) is 0.744. The molecule has 2 aliphatic rings. The van der Waals surface area contributed by atoms with Gasteiger partial charge in [-0.2, -0.15) is 0 Å². The van der Waals surface area contributed by atoms with Crippen LogP contribution in [0.4, 0.5) is 0 Å². The molecule has 88 valence electrons. The molecule has 0 spiro atoms. The average molecular weight is 212 g/mol. The molecule has 2 saturated heterocycles. The maximum Gasteiger partial charge on any atom is 0.0469 e. The fourth-order valence-electron chi connectivity index (χ4n) is 2.96. The average Bonchev–Trinajstić information content (AvgIpc) is 2.17. The van der Waals surface area contributed by atoms with Crippen molar-refractivity contribution in [1.82, 2.24) is 4.90 Å². The molecule has 0 bridgehead atoms. The summed E-state index contributed by atoms with van der Waals surface area (Å²) in [5.74, 6) is 1.62. The lowest BCUT2D eigenvalue weighted by molar-refractivity contribution is 0.0442. The van der Waals surface area contributed by atoms with Crippen LogP contribution in [0.5, 0.6) is 0 Å². The van der Waals surface area contributed by atoms with E-state index in [2.05, 4.69) is 11.8 Å². The van der Waals surface area contributed by atoms with Crippen LogP contribution in [0.25, 0.3) is 0 Å². The van der Waals surface area contributed by atoms with E-state index in [4.69, 9.17) is 10.5 Å². The Labute approximate surface area is 93.0 Å². The fourth-order valence-corrected chi connectivity index (χ4v) is 2.96. The van der Waals surface area contributed by atoms with Crippen LogP contribution in [0, 0.1) is 11.8 Å². The number of nitrogens with two attached hydrogens (primary N) is 1. The van der Waals surface area contributed by atoms with E-state index in [9.17, 15) is 0 Å². The second-order valence-electron chi connectivity index (χ2n) is 5.38. The van der Waals surface area contributed by atoms with Crippen molar-refractivity contribution in [2.75, 3.05) is 32.8 Å². The van der Waals surface area contributed by atoms with Gasteiger partial charge in [0, 0.05) is 38.9 Å². The van der Waals surface area contributed by atoms with Crippen molar-refractivity contribution in [3.63, 3.8) is 0 Å². The van der Waals surface area contributed by atoms with Crippen molar-refractivity contribution >= 4 is 0 Å². The zero-order valence-electron chi connectivity index (χ0n) is 9.82. The van der Waals surface area contributed by atoms with E-state index >= 15 is 0 Å². The highest BCUT2D eigenvalue weighted by atomic mass is 16.5. The lowest BCUT2D eigenvalue weighted by Gasteiger charge is -2.37. The summed E-state index contributed by atoms with van der Waals surface area (Å²) in [4.78, 5) is 2.56. The van der Waals surface area contributed by atoms with Gasteiger partial charge in [-0.3, -0.25) is 0 Å². The molecular weight excluding hydrogens is 188 g/mol. The third kappa shape index (κ3) is 3.44. The molecule has 0 aromatic heterocycles. The van der Waals surface area contributed by atoms with Gasteiger partial charge in [0.05, 0.1) is 0 Å². The molecule has 2 unspecified atom stereocenters. The van der Waals surface area contributed by atoms with Crippen LogP contribution < -0.4 is 5.73 Å². The molecule has 2 rings (SSSR count). The molecule has 2 fully saturated rings. The van der Waals surface area contributed by atoms with Crippen molar-refractivity contribution < 1.29 is 4.74 Å². The Balaban J connectivity index is 1.77. The molecule has 2 atom stereocenters. The minimum Gasteiger partial charge on any atom is -0.381 e. The summed E-state index contributed by atoms with van der Waals surface area (Å²) < 4.78 is 5.39. The number of hydrogen-bond donors (Lipinski definition) is 1. The van der Waals surface area contributed by atoms with E-state index in [-0.39, 0.29) is 0 Å². The summed E-state index contributed by atoms with van der Waals surface area (Å²) in [7, 11) is 0. The number of nitrogens with zero attached hydrogens (tertiary/aromatic N) is 1. The molecule has 0 saturated carbocycles. The number of ether oxygens (including phenoxy) is 1. The predicted octanol–water partition coefficient (Wildman–Crippen LogP) is 1.08. The zero-order valence-corrected chi connectivity index (χ0v) is 9.82. The van der Waals surface area contributed by atoms with Gasteiger partial charge in [-0.1, -0.05) is 6.92 Å². The van der Waals surface area contributed by atoms with Crippen LogP contribution in [0.3, 0.4) is 0 Å². The first kappa shape index (κ1) is 11.4. The van der Waals surface area contributed by atoms with Gasteiger partial charge in [-0.25, -0.2) is 0 Å². The Bertz CT molecular complexity index is 182. The standard InChI is InChI=1S/C12H24N2O/c1-10-6-12(13)9-14(7-10)8-11-2-4-15-5-3-11/h10-12H,2-9,13H2,1H3. The first-order chi connectivity index (χ1) is 7.24. The first-order valence-corrected chi connectivity index (χ1v) is 6.29. The molecule has 2 aliphatic heterocycles. The van der Waals surface area contributed by atoms with Crippen LogP contribution in [0.1, 0.15) is 26.2 Å². The maximum absolute atomic E-state index is 6.05. The van der Waals surface area contributed by atoms with E-state index in [0.29, 0.717) is 6.04 Å². The van der Waals surface area contributed by atoms with Crippen LogP contribution in [0.2, 0.25) is 0 Å². The second-order valence-corrected chi connectivity index (χ2v) is 5.38. The van der Waals surface area contributed by atoms with Gasteiger partial charge >= 0.3 is 0 Å². The molecule has 0 amide bonds. The van der Waals surface area contributed by atoms with Gasteiger partial charge < -0.3 is 15.4 Å². The lowest BCUT2D eigenvalue weighted by atomic mass is 9.93. The van der Waals surface area contributed by atoms with E-state index in [1.54, 1.807) is 0 Å². The van der Waals surface area contributed by atoms with Gasteiger partial charge in [-0.15, -0.1) is 0 Å². The largest absolute Gasteiger partial charge is 0.381 e. The SMILES string of the molecule is CC1CC(N)CN(CC2CCOCC2)C1. The first-order valence-electron chi connectivity index (χ1n) is 6.29. The van der Waals surface area contributed by atoms with Crippen molar-refractivity contribution in [1.29, 1.82) is 0 Å². The van der Waals surface area contributed by atoms with Crippen LogP contribution in [-0.4, -0.2) is 43.8 Å². The van der Waals surface area contributed by atoms with E-state index in [1.807, 2.05) is 0 Å². The minimum atomic E-state index is 0.397. The van der Waals surface area contributed by atoms with Crippen molar-refractivity contribution in [3.05, 3.63) is 0 Å². The third-order valence-corrected chi connectivity index (χ3v) is 3.62. The summed E-state index contributed by atoms with van der Waals surface area (Å²) in [6.45, 7) is 7.81. The van der Waals surface area contributed by atoms with Crippen LogP contribution >= 0.6 is 0 Å². The summed E-state index contributed by atoms with van der Waals surface area (Å²) in [6.07, 6.45) is 3.67. The van der Waals surface area contributed by atoms with Crippen molar-refractivity contribution in [3.8, 4) is 0 Å². The Morgan fingerprint density at radius 2 is 2.00 bits per heavy atom. The maximum atomic E-state index is 6.05. The van der Waals surface area contributed by atoms with Crippen molar-refractivity contribution in [2.24, 2.45) is 17.6 Å². The number of hydrogen-bond acceptors (Lipinski definition) is 3. The molecule has 0 aromatic carbocycles. The predicted molar refractivity (Wildman–Crippen MR) is 61.7 cm³/mol. The van der Waals surface area contributed by atoms with Gasteiger partial charge in [-0.05, 0) is 31.1 Å². The second kappa shape index (κ2) is 5.28. The normalized spacial score (nSPS) is 35.6. The van der Waals surface area contributed by atoms with Crippen molar-refractivity contribution in [2.45, 2.75) is 32.2 Å². The van der Waals surface area contributed by atoms with Gasteiger partial charge in [0.25, 0.3) is 0 Å². The fraction of sp³-hybridized carbons (Fsp3) is 1.00. The summed E-state index contributed by atoms with van der Waals surface area (Å²) in [6, 6.07) is 0.397. The molecule has 0 aromatic rings. The summed E-state index contributed by atoms with van der Waals surface area (Å²) in [5.41, 5.74) is 6.05. The summed E-state index contributed by atoms with van der Waals surface area (Å²) >= 11 is 0. The highest BCUT2D eigenvalue weighted by Gasteiger charge is 2.24. The monoisotopic (exact) mass is 212 g/mol.